The summed E-state index contributed by atoms with van der Waals surface area (Å²) in [6.45, 7) is 0.642. The summed E-state index contributed by atoms with van der Waals surface area (Å²) < 4.78 is 12.3. The highest BCUT2D eigenvalue weighted by molar-refractivity contribution is 7.86. The molecule has 0 spiro atoms. The molecule has 1 aromatic rings. The lowest BCUT2D eigenvalue weighted by atomic mass is 10.3. The number of hydrogen-bond acceptors (Lipinski definition) is 3. The molecule has 0 aromatic heterocycles. The van der Waals surface area contributed by atoms with Gasteiger partial charge in [0, 0.05) is 24.3 Å². The molecule has 1 saturated heterocycles. The second-order valence-corrected chi connectivity index (χ2v) is 6.06. The van der Waals surface area contributed by atoms with E-state index in [1.54, 1.807) is 30.1 Å². The number of rotatable bonds is 2. The van der Waals surface area contributed by atoms with Gasteiger partial charge in [-0.1, -0.05) is 11.6 Å². The molecule has 0 aliphatic carbocycles. The summed E-state index contributed by atoms with van der Waals surface area (Å²) in [5, 5.41) is 0.0154. The maximum atomic E-state index is 12.3. The highest BCUT2D eigenvalue weighted by Gasteiger charge is 2.35. The van der Waals surface area contributed by atoms with E-state index in [0.717, 1.165) is 0 Å². The first-order valence-electron chi connectivity index (χ1n) is 5.21. The molecule has 1 fully saturated rings. The Labute approximate surface area is 107 Å². The smallest absolute Gasteiger partial charge is 0.238 e. The van der Waals surface area contributed by atoms with Crippen LogP contribution < -0.4 is 5.73 Å². The van der Waals surface area contributed by atoms with Crippen molar-refractivity contribution in [2.45, 2.75) is 16.6 Å². The number of carbonyl (C=O) groups excluding carboxylic acids is 1. The second-order valence-electron chi connectivity index (χ2n) is 4.02. The van der Waals surface area contributed by atoms with Crippen LogP contribution in [0.25, 0.3) is 0 Å². The third-order valence-corrected chi connectivity index (χ3v) is 4.82. The average molecular weight is 273 g/mol. The highest BCUT2D eigenvalue weighted by Crippen LogP contribution is 2.26. The van der Waals surface area contributed by atoms with Crippen molar-refractivity contribution in [1.29, 1.82) is 0 Å². The Hall–Kier alpha value is -1.07. The van der Waals surface area contributed by atoms with E-state index in [1.807, 2.05) is 0 Å². The van der Waals surface area contributed by atoms with Crippen molar-refractivity contribution in [2.24, 2.45) is 0 Å². The summed E-state index contributed by atoms with van der Waals surface area (Å²) in [6, 6.07) is 4.81. The van der Waals surface area contributed by atoms with Gasteiger partial charge >= 0.3 is 0 Å². The Morgan fingerprint density at radius 3 is 2.76 bits per heavy atom. The van der Waals surface area contributed by atoms with E-state index < -0.39 is 16.0 Å². The number of nitrogen functional groups attached to an aromatic ring is 1. The number of amides is 1. The van der Waals surface area contributed by atoms with Gasteiger partial charge in [-0.15, -0.1) is 0 Å². The van der Waals surface area contributed by atoms with Gasteiger partial charge in [0.2, 0.25) is 5.91 Å². The molecule has 1 aromatic carbocycles. The maximum absolute atomic E-state index is 12.3. The van der Waals surface area contributed by atoms with Gasteiger partial charge in [-0.2, -0.15) is 0 Å². The molecule has 0 bridgehead atoms. The number of likely N-dealkylation sites (tertiary alicyclic amines) is 1. The first-order valence-corrected chi connectivity index (χ1v) is 6.80. The van der Waals surface area contributed by atoms with Crippen LogP contribution in [0.2, 0.25) is 5.02 Å². The number of nitrogens with two attached hydrogens (primary N) is 1. The monoisotopic (exact) mass is 272 g/mol. The Bertz CT molecular complexity index is 492. The van der Waals surface area contributed by atoms with Crippen LogP contribution in [0.5, 0.6) is 0 Å². The normalized spacial score (nSPS) is 21.9. The molecule has 0 saturated carbocycles. The minimum Gasteiger partial charge on any atom is -0.398 e. The number of hydrogen-bond donors (Lipinski definition) is 1. The van der Waals surface area contributed by atoms with E-state index in [0.29, 0.717) is 28.6 Å². The topological polar surface area (TPSA) is 63.4 Å². The van der Waals surface area contributed by atoms with Gasteiger partial charge in [0.25, 0.3) is 0 Å². The first kappa shape index (κ1) is 12.4. The van der Waals surface area contributed by atoms with E-state index in [-0.39, 0.29) is 5.91 Å². The third kappa shape index (κ3) is 2.30. The van der Waals surface area contributed by atoms with E-state index in [1.165, 1.54) is 0 Å². The van der Waals surface area contributed by atoms with E-state index in [4.69, 9.17) is 17.3 Å². The fourth-order valence-electron chi connectivity index (χ4n) is 1.84. The molecular weight excluding hydrogens is 260 g/mol. The molecule has 92 valence electrons. The highest BCUT2D eigenvalue weighted by atomic mass is 35.5. The molecule has 2 rings (SSSR count). The molecule has 1 aliphatic heterocycles. The Balaban J connectivity index is 2.29. The van der Waals surface area contributed by atoms with Crippen molar-refractivity contribution in [2.75, 3.05) is 19.3 Å². The molecule has 1 aliphatic rings. The lowest BCUT2D eigenvalue weighted by molar-refractivity contribution is -0.126. The van der Waals surface area contributed by atoms with Crippen molar-refractivity contribution in [3.8, 4) is 0 Å². The molecular formula is C11H13ClN2O2S. The largest absolute Gasteiger partial charge is 0.398 e. The minimum atomic E-state index is -1.40. The summed E-state index contributed by atoms with van der Waals surface area (Å²) in [4.78, 5) is 13.8. The van der Waals surface area contributed by atoms with Crippen LogP contribution >= 0.6 is 11.6 Å². The third-order valence-electron chi connectivity index (χ3n) is 2.83. The predicted octanol–water partition coefficient (Wildman–Crippen LogP) is 1.26. The molecule has 1 heterocycles. The summed E-state index contributed by atoms with van der Waals surface area (Å²) >= 11 is 5.78. The lowest BCUT2D eigenvalue weighted by Gasteiger charge is -2.11. The van der Waals surface area contributed by atoms with Crippen molar-refractivity contribution >= 4 is 34.0 Å². The second kappa shape index (κ2) is 4.66. The maximum Gasteiger partial charge on any atom is 0.238 e. The molecule has 17 heavy (non-hydrogen) atoms. The van der Waals surface area contributed by atoms with Crippen molar-refractivity contribution < 1.29 is 9.00 Å². The van der Waals surface area contributed by atoms with Crippen molar-refractivity contribution in [3.05, 3.63) is 23.2 Å². The summed E-state index contributed by atoms with van der Waals surface area (Å²) in [5.74, 6) is -0.0855. The van der Waals surface area contributed by atoms with Crippen LogP contribution in [0, 0.1) is 0 Å². The zero-order valence-electron chi connectivity index (χ0n) is 9.35. The zero-order chi connectivity index (χ0) is 12.6. The number of anilines is 1. The fourth-order valence-corrected chi connectivity index (χ4v) is 3.51. The quantitative estimate of drug-likeness (QED) is 0.825. The predicted molar refractivity (Wildman–Crippen MR) is 68.3 cm³/mol. The summed E-state index contributed by atoms with van der Waals surface area (Å²) in [5.41, 5.74) is 6.14. The van der Waals surface area contributed by atoms with Crippen LogP contribution in [0.4, 0.5) is 5.69 Å². The molecule has 4 nitrogen and oxygen atoms in total. The van der Waals surface area contributed by atoms with Crippen LogP contribution in [0.15, 0.2) is 23.1 Å². The molecule has 2 N–H and O–H groups in total. The van der Waals surface area contributed by atoms with E-state index >= 15 is 0 Å². The minimum absolute atomic E-state index is 0.0855. The van der Waals surface area contributed by atoms with E-state index in [2.05, 4.69) is 0 Å². The van der Waals surface area contributed by atoms with Gasteiger partial charge in [-0.25, -0.2) is 0 Å². The summed E-state index contributed by atoms with van der Waals surface area (Å²) in [7, 11) is 0.309. The van der Waals surface area contributed by atoms with Crippen molar-refractivity contribution in [3.63, 3.8) is 0 Å². The first-order chi connectivity index (χ1) is 8.00. The molecule has 2 unspecified atom stereocenters. The Morgan fingerprint density at radius 2 is 2.24 bits per heavy atom. The fraction of sp³-hybridized carbons (Fsp3) is 0.364. The van der Waals surface area contributed by atoms with Gasteiger partial charge in [-0.05, 0) is 24.6 Å². The van der Waals surface area contributed by atoms with E-state index in [9.17, 15) is 9.00 Å². The van der Waals surface area contributed by atoms with Crippen LogP contribution in [-0.4, -0.2) is 33.9 Å². The van der Waals surface area contributed by atoms with Crippen LogP contribution in [0.3, 0.4) is 0 Å². The number of halogens is 1. The number of carbonyl (C=O) groups is 1. The Kier molecular flexibility index (Phi) is 3.40. The van der Waals surface area contributed by atoms with Gasteiger partial charge in [0.1, 0.15) is 5.25 Å². The van der Waals surface area contributed by atoms with Crippen molar-refractivity contribution in [1.82, 2.24) is 4.90 Å². The van der Waals surface area contributed by atoms with Gasteiger partial charge in [0.05, 0.1) is 15.7 Å². The standard InChI is InChI=1S/C11H13ClN2O2S/c1-14-5-4-10(11(14)15)17(16)9-3-2-7(12)6-8(9)13/h2-3,6,10H,4-5,13H2,1H3. The Morgan fingerprint density at radius 1 is 1.53 bits per heavy atom. The number of benzene rings is 1. The number of nitrogens with zero attached hydrogens (tertiary/aromatic N) is 1. The molecule has 2 atom stereocenters. The lowest BCUT2D eigenvalue weighted by Crippen LogP contribution is -2.28. The zero-order valence-corrected chi connectivity index (χ0v) is 10.9. The van der Waals surface area contributed by atoms with Gasteiger partial charge in [-0.3, -0.25) is 9.00 Å². The van der Waals surface area contributed by atoms with Crippen LogP contribution in [-0.2, 0) is 15.6 Å². The summed E-state index contributed by atoms with van der Waals surface area (Å²) in [6.07, 6.45) is 0.601. The molecule has 1 amide bonds. The molecule has 0 radical (unpaired) electrons. The molecule has 6 heteroatoms. The average Bonchev–Trinajstić information content (AvgIpc) is 2.59. The van der Waals surface area contributed by atoms with Gasteiger partial charge in [0.15, 0.2) is 0 Å². The van der Waals surface area contributed by atoms with Crippen LogP contribution in [0.1, 0.15) is 6.42 Å². The van der Waals surface area contributed by atoms with Gasteiger partial charge < -0.3 is 10.6 Å². The SMILES string of the molecule is CN1CCC(S(=O)c2ccc(Cl)cc2N)C1=O.